The number of nitrogens with zero attached hydrogens (tertiary/aromatic N) is 2. The summed E-state index contributed by atoms with van der Waals surface area (Å²) in [5.41, 5.74) is 2.04. The van der Waals surface area contributed by atoms with Crippen LogP contribution < -0.4 is 10.1 Å². The lowest BCUT2D eigenvalue weighted by Gasteiger charge is -2.38. The average Bonchev–Trinajstić information content (AvgIpc) is 3.04. The molecule has 3 amide bonds. The number of piperidine rings is 1. The lowest BCUT2D eigenvalue weighted by Crippen LogP contribution is -2.48. The molecule has 2 aliphatic rings. The third-order valence-corrected chi connectivity index (χ3v) is 8.50. The van der Waals surface area contributed by atoms with Gasteiger partial charge in [0.25, 0.3) is 11.8 Å². The van der Waals surface area contributed by atoms with E-state index in [1.165, 1.54) is 18.2 Å². The van der Waals surface area contributed by atoms with Crippen molar-refractivity contribution in [2.75, 3.05) is 20.2 Å². The first-order valence-electron chi connectivity index (χ1n) is 14.8. The smallest absolute Gasteiger partial charge is 0.254 e. The second-order valence-corrected chi connectivity index (χ2v) is 11.2. The number of amides is 3. The SMILES string of the molecule is COc1ccc(C(=O)N(Cc2ccccc2)C2CCC(NC(=O)C3CCN(C(=O)c4cccc(F)c4)CC3)CC2)cc1. The van der Waals surface area contributed by atoms with E-state index in [-0.39, 0.29) is 35.7 Å². The van der Waals surface area contributed by atoms with Crippen LogP contribution >= 0.6 is 0 Å². The molecule has 1 saturated heterocycles. The monoisotopic (exact) mass is 571 g/mol. The largest absolute Gasteiger partial charge is 0.497 e. The number of nitrogens with one attached hydrogen (secondary N) is 1. The van der Waals surface area contributed by atoms with Gasteiger partial charge in [-0.2, -0.15) is 0 Å². The van der Waals surface area contributed by atoms with Crippen molar-refractivity contribution in [1.82, 2.24) is 15.1 Å². The van der Waals surface area contributed by atoms with Gasteiger partial charge in [0.15, 0.2) is 0 Å². The van der Waals surface area contributed by atoms with Gasteiger partial charge in [0.1, 0.15) is 11.6 Å². The van der Waals surface area contributed by atoms with Crippen LogP contribution in [0.25, 0.3) is 0 Å². The molecule has 0 bridgehead atoms. The van der Waals surface area contributed by atoms with E-state index in [4.69, 9.17) is 4.74 Å². The maximum Gasteiger partial charge on any atom is 0.254 e. The molecule has 0 unspecified atom stereocenters. The lowest BCUT2D eigenvalue weighted by molar-refractivity contribution is -0.127. The molecule has 1 N–H and O–H groups in total. The summed E-state index contributed by atoms with van der Waals surface area (Å²) in [7, 11) is 1.61. The second kappa shape index (κ2) is 13.6. The van der Waals surface area contributed by atoms with E-state index in [2.05, 4.69) is 5.32 Å². The zero-order valence-corrected chi connectivity index (χ0v) is 24.0. The summed E-state index contributed by atoms with van der Waals surface area (Å²) in [6.07, 6.45) is 4.39. The maximum atomic E-state index is 13.7. The van der Waals surface area contributed by atoms with E-state index in [0.717, 1.165) is 31.2 Å². The van der Waals surface area contributed by atoms with E-state index in [9.17, 15) is 18.8 Å². The molecule has 8 heteroatoms. The number of rotatable bonds is 8. The second-order valence-electron chi connectivity index (χ2n) is 11.2. The topological polar surface area (TPSA) is 79.0 Å². The summed E-state index contributed by atoms with van der Waals surface area (Å²) in [6, 6.07) is 23.1. The number of ether oxygens (including phenoxy) is 1. The first kappa shape index (κ1) is 29.3. The van der Waals surface area contributed by atoms with Crippen LogP contribution in [0.3, 0.4) is 0 Å². The van der Waals surface area contributed by atoms with Crippen molar-refractivity contribution in [2.24, 2.45) is 5.92 Å². The van der Waals surface area contributed by atoms with E-state index < -0.39 is 5.82 Å². The minimum Gasteiger partial charge on any atom is -0.497 e. The fourth-order valence-corrected chi connectivity index (χ4v) is 6.05. The molecule has 1 heterocycles. The average molecular weight is 572 g/mol. The van der Waals surface area contributed by atoms with Crippen molar-refractivity contribution >= 4 is 17.7 Å². The highest BCUT2D eigenvalue weighted by molar-refractivity contribution is 5.95. The van der Waals surface area contributed by atoms with Crippen molar-refractivity contribution in [1.29, 1.82) is 0 Å². The molecule has 2 fully saturated rings. The van der Waals surface area contributed by atoms with Gasteiger partial charge in [-0.05, 0) is 86.6 Å². The standard InChI is InChI=1S/C34H38FN3O4/c1-42-31-16-10-26(11-17-31)34(41)38(23-24-6-3-2-4-7-24)30-14-12-29(13-15-30)36-32(39)25-18-20-37(21-19-25)33(40)27-8-5-9-28(35)22-27/h2-11,16-17,22,25,29-30H,12-15,18-21,23H2,1H3,(H,36,39). The van der Waals surface area contributed by atoms with Crippen LogP contribution in [0.2, 0.25) is 0 Å². The Bertz CT molecular complexity index is 1370. The summed E-state index contributed by atoms with van der Waals surface area (Å²) >= 11 is 0. The van der Waals surface area contributed by atoms with E-state index in [0.29, 0.717) is 49.4 Å². The van der Waals surface area contributed by atoms with Crippen molar-refractivity contribution in [2.45, 2.75) is 57.2 Å². The molecule has 3 aromatic rings. The number of halogens is 1. The van der Waals surface area contributed by atoms with Gasteiger partial charge in [-0.15, -0.1) is 0 Å². The molecule has 7 nitrogen and oxygen atoms in total. The van der Waals surface area contributed by atoms with Crippen LogP contribution in [0.1, 0.15) is 64.8 Å². The molecule has 0 radical (unpaired) electrons. The number of carbonyl (C=O) groups is 3. The molecule has 0 spiro atoms. The zero-order valence-electron chi connectivity index (χ0n) is 24.0. The van der Waals surface area contributed by atoms with Crippen molar-refractivity contribution in [3.63, 3.8) is 0 Å². The Morgan fingerprint density at radius 2 is 1.55 bits per heavy atom. The van der Waals surface area contributed by atoms with Gasteiger partial charge in [0.05, 0.1) is 7.11 Å². The Morgan fingerprint density at radius 3 is 2.19 bits per heavy atom. The van der Waals surface area contributed by atoms with Crippen LogP contribution in [-0.2, 0) is 11.3 Å². The van der Waals surface area contributed by atoms with Gasteiger partial charge < -0.3 is 19.9 Å². The number of hydrogen-bond donors (Lipinski definition) is 1. The number of methoxy groups -OCH3 is 1. The van der Waals surface area contributed by atoms with Crippen molar-refractivity contribution in [3.8, 4) is 5.75 Å². The highest BCUT2D eigenvalue weighted by Gasteiger charge is 2.33. The third kappa shape index (κ3) is 7.16. The minimum atomic E-state index is -0.432. The van der Waals surface area contributed by atoms with Gasteiger partial charge in [-0.3, -0.25) is 14.4 Å². The van der Waals surface area contributed by atoms with Gasteiger partial charge >= 0.3 is 0 Å². The predicted molar refractivity (Wildman–Crippen MR) is 159 cm³/mol. The number of hydrogen-bond acceptors (Lipinski definition) is 4. The molecule has 5 rings (SSSR count). The Morgan fingerprint density at radius 1 is 0.857 bits per heavy atom. The Labute approximate surface area is 246 Å². The van der Waals surface area contributed by atoms with Crippen molar-refractivity contribution < 1.29 is 23.5 Å². The van der Waals surface area contributed by atoms with Crippen molar-refractivity contribution in [3.05, 3.63) is 101 Å². The summed E-state index contributed by atoms with van der Waals surface area (Å²) < 4.78 is 18.8. The number of benzene rings is 3. The lowest BCUT2D eigenvalue weighted by atomic mass is 9.88. The number of likely N-dealkylation sites (tertiary alicyclic amines) is 1. The zero-order chi connectivity index (χ0) is 29.5. The highest BCUT2D eigenvalue weighted by atomic mass is 19.1. The van der Waals surface area contributed by atoms with Crippen LogP contribution in [0, 0.1) is 11.7 Å². The highest BCUT2D eigenvalue weighted by Crippen LogP contribution is 2.28. The summed E-state index contributed by atoms with van der Waals surface area (Å²) in [5, 5.41) is 3.25. The molecule has 1 aliphatic heterocycles. The van der Waals surface area contributed by atoms with Gasteiger partial charge in [0, 0.05) is 48.8 Å². The van der Waals surface area contributed by atoms with E-state index in [1.54, 1.807) is 18.1 Å². The molecule has 42 heavy (non-hydrogen) atoms. The Balaban J connectivity index is 1.14. The minimum absolute atomic E-state index is 0.00598. The molecule has 1 saturated carbocycles. The quantitative estimate of drug-likeness (QED) is 0.390. The molecule has 220 valence electrons. The molecular weight excluding hydrogens is 533 g/mol. The van der Waals surface area contributed by atoms with E-state index >= 15 is 0 Å². The molecule has 0 atom stereocenters. The number of carbonyl (C=O) groups excluding carboxylic acids is 3. The van der Waals surface area contributed by atoms with Crippen LogP contribution in [0.4, 0.5) is 4.39 Å². The normalized spacial score (nSPS) is 19.1. The summed E-state index contributed by atoms with van der Waals surface area (Å²) in [6.45, 7) is 1.48. The summed E-state index contributed by atoms with van der Waals surface area (Å²) in [4.78, 5) is 43.2. The predicted octanol–water partition coefficient (Wildman–Crippen LogP) is 5.46. The summed E-state index contributed by atoms with van der Waals surface area (Å²) in [5.74, 6) is -0.0406. The molecular formula is C34H38FN3O4. The molecule has 1 aliphatic carbocycles. The van der Waals surface area contributed by atoms with Crippen LogP contribution in [0.15, 0.2) is 78.9 Å². The third-order valence-electron chi connectivity index (χ3n) is 8.50. The van der Waals surface area contributed by atoms with Crippen LogP contribution in [0.5, 0.6) is 5.75 Å². The van der Waals surface area contributed by atoms with Gasteiger partial charge in [-0.1, -0.05) is 36.4 Å². The van der Waals surface area contributed by atoms with Crippen LogP contribution in [-0.4, -0.2) is 59.8 Å². The van der Waals surface area contributed by atoms with E-state index in [1.807, 2.05) is 59.5 Å². The molecule has 3 aromatic carbocycles. The van der Waals surface area contributed by atoms with Gasteiger partial charge in [-0.25, -0.2) is 4.39 Å². The maximum absolute atomic E-state index is 13.7. The van der Waals surface area contributed by atoms with Gasteiger partial charge in [0.2, 0.25) is 5.91 Å². The first-order valence-corrected chi connectivity index (χ1v) is 14.8. The fourth-order valence-electron chi connectivity index (χ4n) is 6.05. The fraction of sp³-hybridized carbons (Fsp3) is 0.382. The Kier molecular flexibility index (Phi) is 9.52. The first-order chi connectivity index (χ1) is 20.4. The Hall–Kier alpha value is -4.20. The molecule has 0 aromatic heterocycles.